The van der Waals surface area contributed by atoms with Gasteiger partial charge in [-0.05, 0) is 24.6 Å². The van der Waals surface area contributed by atoms with Crippen molar-refractivity contribution >= 4 is 16.7 Å². The molecule has 0 bridgehead atoms. The number of para-hydroxylation sites is 1. The summed E-state index contributed by atoms with van der Waals surface area (Å²) in [7, 11) is 2.64. The molecule has 1 unspecified atom stereocenters. The molecule has 1 heterocycles. The third-order valence-electron chi connectivity index (χ3n) is 4.47. The maximum absolute atomic E-state index is 13.1. The van der Waals surface area contributed by atoms with Gasteiger partial charge in [-0.15, -0.1) is 0 Å². The first kappa shape index (κ1) is 20.9. The van der Waals surface area contributed by atoms with Crippen LogP contribution in [-0.4, -0.2) is 30.4 Å². The summed E-state index contributed by atoms with van der Waals surface area (Å²) in [5.41, 5.74) is -0.244. The Morgan fingerprint density at radius 1 is 1.23 bits per heavy atom. The second-order valence-electron chi connectivity index (χ2n) is 6.31. The van der Waals surface area contributed by atoms with Gasteiger partial charge in [0.25, 0.3) is 0 Å². The van der Waals surface area contributed by atoms with Gasteiger partial charge in [0.2, 0.25) is 11.2 Å². The van der Waals surface area contributed by atoms with Gasteiger partial charge in [-0.1, -0.05) is 30.9 Å². The average Bonchev–Trinajstić information content (AvgIpc) is 2.76. The number of hydrogen-bond acceptors (Lipinski definition) is 7. The monoisotopic (exact) mass is 409 g/mol. The number of fused-ring (bicyclic) bond motifs is 1. The van der Waals surface area contributed by atoms with Gasteiger partial charge in [-0.2, -0.15) is 0 Å². The van der Waals surface area contributed by atoms with Crippen LogP contribution in [0.1, 0.15) is 18.9 Å². The smallest absolute Gasteiger partial charge is 0.315 e. The van der Waals surface area contributed by atoms with E-state index >= 15 is 0 Å². The highest BCUT2D eigenvalue weighted by atomic mass is 16.6. The zero-order valence-corrected chi connectivity index (χ0v) is 16.6. The van der Waals surface area contributed by atoms with Gasteiger partial charge in [0.15, 0.2) is 11.5 Å². The van der Waals surface area contributed by atoms with Crippen LogP contribution >= 0.6 is 0 Å². The van der Waals surface area contributed by atoms with Crippen LogP contribution in [0.5, 0.6) is 11.5 Å². The molecule has 3 rings (SSSR count). The number of methoxy groups -OCH3 is 2. The molecule has 0 amide bonds. The Morgan fingerprint density at radius 3 is 2.60 bits per heavy atom. The van der Waals surface area contributed by atoms with Crippen molar-refractivity contribution in [2.75, 3.05) is 14.2 Å². The molecule has 0 saturated heterocycles. The van der Waals surface area contributed by atoms with Gasteiger partial charge in [-0.25, -0.2) is 0 Å². The summed E-state index contributed by atoms with van der Waals surface area (Å²) >= 11 is 0. The van der Waals surface area contributed by atoms with Gasteiger partial charge in [-0.3, -0.25) is 14.9 Å². The zero-order valence-electron chi connectivity index (χ0n) is 16.6. The summed E-state index contributed by atoms with van der Waals surface area (Å²) < 4.78 is 16.3. The molecule has 3 aromatic rings. The Balaban J connectivity index is 2.40. The van der Waals surface area contributed by atoms with Crippen molar-refractivity contribution in [3.63, 3.8) is 0 Å². The average molecular weight is 409 g/mol. The van der Waals surface area contributed by atoms with E-state index in [1.165, 1.54) is 26.4 Å². The molecule has 8 heteroatoms. The van der Waals surface area contributed by atoms with E-state index in [0.29, 0.717) is 17.4 Å². The minimum Gasteiger partial charge on any atom is -0.493 e. The van der Waals surface area contributed by atoms with Crippen molar-refractivity contribution in [1.29, 1.82) is 0 Å². The van der Waals surface area contributed by atoms with Crippen molar-refractivity contribution in [2.24, 2.45) is 0 Å². The first-order valence-electron chi connectivity index (χ1n) is 9.07. The Hall–Kier alpha value is -3.83. The molecule has 0 radical (unpaired) electrons. The summed E-state index contributed by atoms with van der Waals surface area (Å²) in [6.45, 7) is 1.75. The molecule has 0 fully saturated rings. The third kappa shape index (κ3) is 3.83. The van der Waals surface area contributed by atoms with Crippen LogP contribution in [0.3, 0.4) is 0 Å². The Morgan fingerprint density at radius 2 is 1.97 bits per heavy atom. The molecular weight excluding hydrogens is 390 g/mol. The minimum absolute atomic E-state index is 0.0114. The molecule has 0 aliphatic rings. The first-order valence-corrected chi connectivity index (χ1v) is 9.07. The molecule has 0 spiro atoms. The molecule has 30 heavy (non-hydrogen) atoms. The highest BCUT2D eigenvalue weighted by Crippen LogP contribution is 2.41. The van der Waals surface area contributed by atoms with Gasteiger partial charge in [0, 0.05) is 11.6 Å². The lowest BCUT2D eigenvalue weighted by molar-refractivity contribution is -0.385. The highest BCUT2D eigenvalue weighted by molar-refractivity contribution is 5.83. The van der Waals surface area contributed by atoms with E-state index in [2.05, 4.69) is 11.8 Å². The van der Waals surface area contributed by atoms with Crippen molar-refractivity contribution in [2.45, 2.75) is 19.4 Å². The minimum atomic E-state index is -0.927. The Bertz CT molecular complexity index is 1230. The molecule has 154 valence electrons. The fourth-order valence-corrected chi connectivity index (χ4v) is 2.93. The van der Waals surface area contributed by atoms with Crippen LogP contribution in [0.25, 0.3) is 22.3 Å². The number of nitro benzene ring substituents is 1. The van der Waals surface area contributed by atoms with E-state index < -0.39 is 16.5 Å². The van der Waals surface area contributed by atoms with E-state index in [4.69, 9.17) is 13.9 Å². The largest absolute Gasteiger partial charge is 0.493 e. The molecule has 0 saturated carbocycles. The second kappa shape index (κ2) is 8.68. The maximum atomic E-state index is 13.1. The fraction of sp³-hybridized carbons (Fsp3) is 0.227. The van der Waals surface area contributed by atoms with E-state index in [1.54, 1.807) is 31.2 Å². The summed E-state index contributed by atoms with van der Waals surface area (Å²) in [5.74, 6) is 5.39. The highest BCUT2D eigenvalue weighted by Gasteiger charge is 2.25. The van der Waals surface area contributed by atoms with Gasteiger partial charge >= 0.3 is 5.69 Å². The molecule has 0 aliphatic heterocycles. The zero-order chi connectivity index (χ0) is 21.8. The lowest BCUT2D eigenvalue weighted by Crippen LogP contribution is -2.09. The number of nitro groups is 1. The van der Waals surface area contributed by atoms with Crippen molar-refractivity contribution in [3.05, 3.63) is 62.3 Å². The Labute approximate surface area is 171 Å². The normalized spacial score (nSPS) is 11.5. The number of hydrogen-bond donors (Lipinski definition) is 1. The van der Waals surface area contributed by atoms with Crippen molar-refractivity contribution in [1.82, 2.24) is 0 Å². The number of ether oxygens (including phenoxy) is 2. The molecule has 1 N–H and O–H groups in total. The summed E-state index contributed by atoms with van der Waals surface area (Å²) in [4.78, 5) is 24.0. The second-order valence-corrected chi connectivity index (χ2v) is 6.31. The van der Waals surface area contributed by atoms with E-state index in [0.717, 1.165) is 0 Å². The predicted molar refractivity (Wildman–Crippen MR) is 111 cm³/mol. The van der Waals surface area contributed by atoms with Crippen LogP contribution < -0.4 is 14.9 Å². The number of rotatable bonds is 5. The Kier molecular flexibility index (Phi) is 6.04. The molecule has 8 nitrogen and oxygen atoms in total. The number of nitrogens with zero attached hydrogens (tertiary/aromatic N) is 1. The standard InChI is InChI=1S/C22H19NO7/c1-4-14(24)9-10-16-20(25)15-7-5-6-8-18(15)30-21(16)13-11-17(23(26)27)22(29-3)19(12-13)28-2/h5-8,11-12,14,24H,4H2,1-3H3. The quantitative estimate of drug-likeness (QED) is 0.390. The lowest BCUT2D eigenvalue weighted by atomic mass is 10.0. The van der Waals surface area contributed by atoms with E-state index in [1.807, 2.05) is 0 Å². The predicted octanol–water partition coefficient (Wildman–Crippen LogP) is 3.51. The van der Waals surface area contributed by atoms with E-state index in [9.17, 15) is 20.0 Å². The molecule has 1 aromatic heterocycles. The van der Waals surface area contributed by atoms with Crippen LogP contribution in [0.4, 0.5) is 5.69 Å². The van der Waals surface area contributed by atoms with Gasteiger partial charge < -0.3 is 19.0 Å². The summed E-state index contributed by atoms with van der Waals surface area (Å²) in [6.07, 6.45) is -0.549. The van der Waals surface area contributed by atoms with Crippen LogP contribution in [0.15, 0.2) is 45.6 Å². The molecular formula is C22H19NO7. The molecule has 0 aliphatic carbocycles. The number of aliphatic hydroxyl groups is 1. The third-order valence-corrected chi connectivity index (χ3v) is 4.47. The number of benzene rings is 2. The molecule has 2 aromatic carbocycles. The fourth-order valence-electron chi connectivity index (χ4n) is 2.93. The first-order chi connectivity index (χ1) is 14.4. The van der Waals surface area contributed by atoms with E-state index in [-0.39, 0.29) is 34.1 Å². The maximum Gasteiger partial charge on any atom is 0.315 e. The SMILES string of the molecule is CCC(O)C#Cc1c(-c2cc(OC)c(OC)c([N+](=O)[O-])c2)oc2ccccc2c1=O. The summed E-state index contributed by atoms with van der Waals surface area (Å²) in [6, 6.07) is 9.32. The molecule has 1 atom stereocenters. The summed E-state index contributed by atoms with van der Waals surface area (Å²) in [5, 5.41) is 21.7. The van der Waals surface area contributed by atoms with Crippen LogP contribution in [0, 0.1) is 22.0 Å². The van der Waals surface area contributed by atoms with Gasteiger partial charge in [0.1, 0.15) is 17.3 Å². The topological polar surface area (TPSA) is 112 Å². The number of aliphatic hydroxyl groups excluding tert-OH is 1. The van der Waals surface area contributed by atoms with Crippen LogP contribution in [0.2, 0.25) is 0 Å². The lowest BCUT2D eigenvalue weighted by Gasteiger charge is -2.11. The van der Waals surface area contributed by atoms with Crippen LogP contribution in [-0.2, 0) is 0 Å². The van der Waals surface area contributed by atoms with Crippen molar-refractivity contribution < 1.29 is 23.9 Å². The van der Waals surface area contributed by atoms with Gasteiger partial charge in [0.05, 0.1) is 24.5 Å². The van der Waals surface area contributed by atoms with Crippen molar-refractivity contribution in [3.8, 4) is 34.7 Å².